The molecule has 0 atom stereocenters. The van der Waals surface area contributed by atoms with Gasteiger partial charge >= 0.3 is 0 Å². The number of rotatable bonds is 0. The van der Waals surface area contributed by atoms with Gasteiger partial charge in [0, 0.05) is 20.3 Å². The van der Waals surface area contributed by atoms with Crippen LogP contribution < -0.4 is 5.73 Å². The van der Waals surface area contributed by atoms with E-state index in [2.05, 4.69) is 0 Å². The molecule has 0 radical (unpaired) electrons. The molecule has 2 N–H and O–H groups in total. The predicted octanol–water partition coefficient (Wildman–Crippen LogP) is 2.80. The average Bonchev–Trinajstić information content (AvgIpc) is 2.00. The summed E-state index contributed by atoms with van der Waals surface area (Å²) in [5, 5.41) is 0. The largest absolute Gasteiger partial charge is 0.328 e. The van der Waals surface area contributed by atoms with Crippen molar-refractivity contribution in [1.29, 1.82) is 0 Å². The highest BCUT2D eigenvalue weighted by Gasteiger charge is 2.33. The predicted molar refractivity (Wildman–Crippen MR) is 44.9 cm³/mol. The fourth-order valence-corrected chi connectivity index (χ4v) is 1.06. The molecule has 1 nitrogen and oxygen atoms in total. The van der Waals surface area contributed by atoms with E-state index in [1.165, 1.54) is 0 Å². The molecule has 0 aromatic carbocycles. The molecule has 1 aliphatic rings. The minimum atomic E-state index is -2.42. The van der Waals surface area contributed by atoms with Gasteiger partial charge in [-0.3, -0.25) is 0 Å². The van der Waals surface area contributed by atoms with E-state index in [0.717, 1.165) is 0 Å². The maximum absolute atomic E-state index is 12.3. The maximum atomic E-state index is 12.3. The quantitative estimate of drug-likeness (QED) is 0.590. The second-order valence-electron chi connectivity index (χ2n) is 2.69. The van der Waals surface area contributed by atoms with Crippen LogP contribution in [0.15, 0.2) is 0 Å². The van der Waals surface area contributed by atoms with Gasteiger partial charge in [-0.1, -0.05) is 13.8 Å². The molecule has 0 aromatic heterocycles. The second-order valence-corrected chi connectivity index (χ2v) is 2.69. The number of hydrogen-bond donors (Lipinski definition) is 1. The molecule has 11 heavy (non-hydrogen) atoms. The third-order valence-corrected chi connectivity index (χ3v) is 1.76. The average molecular weight is 167 g/mol. The van der Waals surface area contributed by atoms with Crippen LogP contribution in [0.1, 0.15) is 41.0 Å². The van der Waals surface area contributed by atoms with Gasteiger partial charge in [-0.25, -0.2) is 8.78 Å². The van der Waals surface area contributed by atoms with E-state index < -0.39 is 5.92 Å². The SMILES string of the molecule is CC.NC1CCC(F)(F)CC1.[HH]. The molecule has 1 fully saturated rings. The molecular weight excluding hydrogens is 148 g/mol. The third kappa shape index (κ3) is 4.30. The Morgan fingerprint density at radius 2 is 1.64 bits per heavy atom. The first-order chi connectivity index (χ1) is 5.10. The highest BCUT2D eigenvalue weighted by molar-refractivity contribution is 4.78. The topological polar surface area (TPSA) is 26.0 Å². The summed E-state index contributed by atoms with van der Waals surface area (Å²) >= 11 is 0. The van der Waals surface area contributed by atoms with E-state index in [-0.39, 0.29) is 20.3 Å². The molecule has 0 saturated heterocycles. The molecule has 0 spiro atoms. The zero-order valence-electron chi connectivity index (χ0n) is 7.24. The van der Waals surface area contributed by atoms with Crippen LogP contribution in [0.25, 0.3) is 0 Å². The number of nitrogens with two attached hydrogens (primary N) is 1. The molecule has 0 heterocycles. The molecule has 1 saturated carbocycles. The van der Waals surface area contributed by atoms with Gasteiger partial charge in [-0.15, -0.1) is 0 Å². The Labute approximate surface area is 68.4 Å². The smallest absolute Gasteiger partial charge is 0.248 e. The monoisotopic (exact) mass is 167 g/mol. The van der Waals surface area contributed by atoms with Gasteiger partial charge < -0.3 is 5.73 Å². The van der Waals surface area contributed by atoms with E-state index in [4.69, 9.17) is 5.73 Å². The summed E-state index contributed by atoms with van der Waals surface area (Å²) in [5.41, 5.74) is 5.42. The summed E-state index contributed by atoms with van der Waals surface area (Å²) in [4.78, 5) is 0. The molecule has 0 aliphatic heterocycles. The van der Waals surface area contributed by atoms with Crippen molar-refractivity contribution >= 4 is 0 Å². The highest BCUT2D eigenvalue weighted by Crippen LogP contribution is 2.31. The van der Waals surface area contributed by atoms with Gasteiger partial charge in [0.05, 0.1) is 0 Å². The number of hydrogen-bond acceptors (Lipinski definition) is 1. The Bertz CT molecular complexity index is 99.2. The van der Waals surface area contributed by atoms with Gasteiger partial charge in [-0.05, 0) is 12.8 Å². The van der Waals surface area contributed by atoms with Crippen molar-refractivity contribution in [1.82, 2.24) is 0 Å². The standard InChI is InChI=1S/C6H11F2N.C2H6.H2/c7-6(8)3-1-5(9)2-4-6;1-2;/h5H,1-4,9H2;1-2H3;1H. The van der Waals surface area contributed by atoms with Gasteiger partial charge in [-0.2, -0.15) is 0 Å². The maximum Gasteiger partial charge on any atom is 0.248 e. The van der Waals surface area contributed by atoms with Crippen molar-refractivity contribution in [2.45, 2.75) is 51.5 Å². The molecule has 0 aromatic rings. The van der Waals surface area contributed by atoms with Crippen molar-refractivity contribution in [3.05, 3.63) is 0 Å². The van der Waals surface area contributed by atoms with Gasteiger partial charge in [0.25, 0.3) is 0 Å². The Morgan fingerprint density at radius 1 is 1.27 bits per heavy atom. The summed E-state index contributed by atoms with van der Waals surface area (Å²) in [7, 11) is 0. The van der Waals surface area contributed by atoms with E-state index in [1.807, 2.05) is 13.8 Å². The van der Waals surface area contributed by atoms with Crippen LogP contribution in [0, 0.1) is 0 Å². The van der Waals surface area contributed by atoms with Crippen LogP contribution in [0.3, 0.4) is 0 Å². The number of alkyl halides is 2. The van der Waals surface area contributed by atoms with Gasteiger partial charge in [0.15, 0.2) is 0 Å². The molecule has 0 amide bonds. The summed E-state index contributed by atoms with van der Waals surface area (Å²) in [6, 6.07) is 0.0182. The van der Waals surface area contributed by atoms with Crippen LogP contribution >= 0.6 is 0 Å². The summed E-state index contributed by atoms with van der Waals surface area (Å²) < 4.78 is 24.6. The Hall–Kier alpha value is -0.180. The first-order valence-electron chi connectivity index (χ1n) is 4.23. The van der Waals surface area contributed by atoms with Gasteiger partial charge in [0.2, 0.25) is 5.92 Å². The first kappa shape index (κ1) is 10.8. The van der Waals surface area contributed by atoms with Crippen molar-refractivity contribution in [2.24, 2.45) is 5.73 Å². The molecule has 0 unspecified atom stereocenters. The fourth-order valence-electron chi connectivity index (χ4n) is 1.06. The molecular formula is C8H19F2N. The molecule has 70 valence electrons. The van der Waals surface area contributed by atoms with Crippen molar-refractivity contribution in [3.63, 3.8) is 0 Å². The minimum absolute atomic E-state index is 0. The lowest BCUT2D eigenvalue weighted by Crippen LogP contribution is -2.32. The van der Waals surface area contributed by atoms with E-state index in [1.54, 1.807) is 0 Å². The fraction of sp³-hybridized carbons (Fsp3) is 1.00. The number of halogens is 2. The van der Waals surface area contributed by atoms with Crippen molar-refractivity contribution in [3.8, 4) is 0 Å². The van der Waals surface area contributed by atoms with Crippen LogP contribution in [0.2, 0.25) is 0 Å². The zero-order chi connectivity index (χ0) is 8.91. The first-order valence-corrected chi connectivity index (χ1v) is 4.23. The van der Waals surface area contributed by atoms with E-state index >= 15 is 0 Å². The summed E-state index contributed by atoms with van der Waals surface area (Å²) in [6.45, 7) is 4.00. The van der Waals surface area contributed by atoms with Crippen molar-refractivity contribution < 1.29 is 10.2 Å². The Balaban J connectivity index is 0. The lowest BCUT2D eigenvalue weighted by atomic mass is 9.93. The Kier molecular flexibility index (Phi) is 4.57. The van der Waals surface area contributed by atoms with Crippen LogP contribution in [0.5, 0.6) is 0 Å². The minimum Gasteiger partial charge on any atom is -0.328 e. The molecule has 0 bridgehead atoms. The lowest BCUT2D eigenvalue weighted by molar-refractivity contribution is -0.0375. The Morgan fingerprint density at radius 3 is 1.91 bits per heavy atom. The molecule has 3 heteroatoms. The normalized spacial score (nSPS) is 23.7. The van der Waals surface area contributed by atoms with Crippen LogP contribution in [0.4, 0.5) is 8.78 Å². The highest BCUT2D eigenvalue weighted by atomic mass is 19.3. The van der Waals surface area contributed by atoms with Crippen LogP contribution in [-0.2, 0) is 0 Å². The second kappa shape index (κ2) is 4.65. The van der Waals surface area contributed by atoms with E-state index in [9.17, 15) is 8.78 Å². The molecule has 1 rings (SSSR count). The zero-order valence-corrected chi connectivity index (χ0v) is 7.24. The third-order valence-electron chi connectivity index (χ3n) is 1.76. The lowest BCUT2D eigenvalue weighted by Gasteiger charge is -2.25. The summed E-state index contributed by atoms with van der Waals surface area (Å²) in [5.74, 6) is -2.42. The van der Waals surface area contributed by atoms with Crippen LogP contribution in [-0.4, -0.2) is 12.0 Å². The molecule has 1 aliphatic carbocycles. The summed E-state index contributed by atoms with van der Waals surface area (Å²) in [6.07, 6.45) is 0.919. The van der Waals surface area contributed by atoms with Crippen molar-refractivity contribution in [2.75, 3.05) is 0 Å². The van der Waals surface area contributed by atoms with E-state index in [0.29, 0.717) is 12.8 Å². The van der Waals surface area contributed by atoms with Gasteiger partial charge in [0.1, 0.15) is 0 Å².